The molecule has 0 spiro atoms. The third-order valence-electron chi connectivity index (χ3n) is 4.38. The van der Waals surface area contributed by atoms with E-state index in [2.05, 4.69) is 15.3 Å². The van der Waals surface area contributed by atoms with Gasteiger partial charge < -0.3 is 4.90 Å². The lowest BCUT2D eigenvalue weighted by Crippen LogP contribution is -2.38. The number of likely N-dealkylation sites (tertiary alicyclic amines) is 1. The highest BCUT2D eigenvalue weighted by molar-refractivity contribution is 7.13. The number of rotatable bonds is 4. The van der Waals surface area contributed by atoms with Crippen LogP contribution in [0.1, 0.15) is 28.9 Å². The number of thiophene rings is 1. The van der Waals surface area contributed by atoms with Crippen molar-refractivity contribution in [2.75, 3.05) is 6.54 Å². The highest BCUT2D eigenvalue weighted by Crippen LogP contribution is 2.25. The van der Waals surface area contributed by atoms with Gasteiger partial charge in [0.05, 0.1) is 29.4 Å². The molecule has 3 aromatic heterocycles. The van der Waals surface area contributed by atoms with Crippen LogP contribution in [0.2, 0.25) is 0 Å². The van der Waals surface area contributed by atoms with E-state index in [1.807, 2.05) is 52.5 Å². The van der Waals surface area contributed by atoms with E-state index in [4.69, 9.17) is 0 Å². The summed E-state index contributed by atoms with van der Waals surface area (Å²) >= 11 is 1.63. The van der Waals surface area contributed by atoms with Crippen LogP contribution < -0.4 is 0 Å². The molecule has 4 rings (SSSR count). The van der Waals surface area contributed by atoms with Crippen LogP contribution in [-0.2, 0) is 6.54 Å². The summed E-state index contributed by atoms with van der Waals surface area (Å²) in [5.41, 5.74) is 2.52. The average Bonchev–Trinajstić information content (AvgIpc) is 3.35. The molecule has 0 aliphatic carbocycles. The summed E-state index contributed by atoms with van der Waals surface area (Å²) in [6.45, 7) is 3.55. The van der Waals surface area contributed by atoms with Gasteiger partial charge in [0.25, 0.3) is 5.91 Å². The molecule has 1 aliphatic rings. The smallest absolute Gasteiger partial charge is 0.274 e. The summed E-state index contributed by atoms with van der Waals surface area (Å²) in [6, 6.07) is 6.04. The van der Waals surface area contributed by atoms with E-state index >= 15 is 0 Å². The van der Waals surface area contributed by atoms with Gasteiger partial charge in [-0.25, -0.2) is 0 Å². The van der Waals surface area contributed by atoms with Gasteiger partial charge in [-0.05, 0) is 42.8 Å². The molecule has 3 aromatic rings. The zero-order chi connectivity index (χ0) is 16.5. The molecule has 24 heavy (non-hydrogen) atoms. The molecule has 1 aliphatic heterocycles. The van der Waals surface area contributed by atoms with Crippen molar-refractivity contribution in [1.82, 2.24) is 24.9 Å². The zero-order valence-corrected chi connectivity index (χ0v) is 14.3. The van der Waals surface area contributed by atoms with E-state index in [1.165, 1.54) is 0 Å². The standard InChI is InChI=1S/C17H19N5OS/c1-12-9-18-21(10-12)11-13-4-2-6-22(13)17(23)15-8-14(19-20-15)16-5-3-7-24-16/h3,5,7-10,13H,2,4,6,11H2,1H3,(H,19,20). The fraction of sp³-hybridized carbons (Fsp3) is 0.353. The van der Waals surface area contributed by atoms with E-state index in [9.17, 15) is 4.79 Å². The molecule has 1 amide bonds. The molecular formula is C17H19N5OS. The number of carbonyl (C=O) groups is 1. The lowest BCUT2D eigenvalue weighted by molar-refractivity contribution is 0.0715. The molecule has 1 N–H and O–H groups in total. The van der Waals surface area contributed by atoms with Gasteiger partial charge in [-0.1, -0.05) is 6.07 Å². The highest BCUT2D eigenvalue weighted by atomic mass is 32.1. The summed E-state index contributed by atoms with van der Waals surface area (Å²) in [5.74, 6) is 0.000402. The fourth-order valence-corrected chi connectivity index (χ4v) is 3.90. The number of aryl methyl sites for hydroxylation is 1. The van der Waals surface area contributed by atoms with E-state index in [1.54, 1.807) is 11.3 Å². The predicted octanol–water partition coefficient (Wildman–Crippen LogP) is 2.95. The first-order valence-corrected chi connectivity index (χ1v) is 8.98. The maximum Gasteiger partial charge on any atom is 0.274 e. The van der Waals surface area contributed by atoms with Crippen LogP contribution in [0.25, 0.3) is 10.6 Å². The van der Waals surface area contributed by atoms with Crippen molar-refractivity contribution in [3.05, 3.63) is 47.2 Å². The summed E-state index contributed by atoms with van der Waals surface area (Å²) in [4.78, 5) is 15.9. The first-order chi connectivity index (χ1) is 11.7. The molecule has 7 heteroatoms. The Balaban J connectivity index is 1.50. The number of amides is 1. The first kappa shape index (κ1) is 15.1. The van der Waals surface area contributed by atoms with Crippen molar-refractivity contribution in [2.45, 2.75) is 32.4 Å². The number of nitrogens with zero attached hydrogens (tertiary/aromatic N) is 4. The maximum absolute atomic E-state index is 12.9. The number of aromatic amines is 1. The number of hydrogen-bond donors (Lipinski definition) is 1. The Morgan fingerprint density at radius 1 is 1.50 bits per heavy atom. The molecule has 1 saturated heterocycles. The lowest BCUT2D eigenvalue weighted by Gasteiger charge is -2.23. The van der Waals surface area contributed by atoms with E-state index in [0.717, 1.165) is 42.1 Å². The van der Waals surface area contributed by atoms with Gasteiger partial charge >= 0.3 is 0 Å². The van der Waals surface area contributed by atoms with Crippen molar-refractivity contribution >= 4 is 17.2 Å². The van der Waals surface area contributed by atoms with Crippen LogP contribution in [0.5, 0.6) is 0 Å². The highest BCUT2D eigenvalue weighted by Gasteiger charge is 2.31. The Morgan fingerprint density at radius 3 is 3.17 bits per heavy atom. The van der Waals surface area contributed by atoms with Crippen LogP contribution >= 0.6 is 11.3 Å². The Bertz CT molecular complexity index is 835. The van der Waals surface area contributed by atoms with Crippen LogP contribution in [-0.4, -0.2) is 43.4 Å². The van der Waals surface area contributed by atoms with E-state index in [-0.39, 0.29) is 11.9 Å². The molecular weight excluding hydrogens is 322 g/mol. The lowest BCUT2D eigenvalue weighted by atomic mass is 10.2. The Hall–Kier alpha value is -2.41. The molecule has 1 fully saturated rings. The zero-order valence-electron chi connectivity index (χ0n) is 13.5. The summed E-state index contributed by atoms with van der Waals surface area (Å²) in [7, 11) is 0. The Kier molecular flexibility index (Phi) is 3.93. The molecule has 1 atom stereocenters. The summed E-state index contributed by atoms with van der Waals surface area (Å²) < 4.78 is 1.92. The molecule has 4 heterocycles. The number of H-pyrrole nitrogens is 1. The second-order valence-corrected chi connectivity index (χ2v) is 7.13. The van der Waals surface area contributed by atoms with E-state index in [0.29, 0.717) is 5.69 Å². The molecule has 0 bridgehead atoms. The SMILES string of the molecule is Cc1cnn(CC2CCCN2C(=O)c2cc(-c3cccs3)[nH]n2)c1. The molecule has 0 saturated carbocycles. The number of carbonyl (C=O) groups excluding carboxylic acids is 1. The Labute approximate surface area is 144 Å². The largest absolute Gasteiger partial charge is 0.332 e. The monoisotopic (exact) mass is 341 g/mol. The molecule has 0 aromatic carbocycles. The predicted molar refractivity (Wildman–Crippen MR) is 92.9 cm³/mol. The first-order valence-electron chi connectivity index (χ1n) is 8.10. The summed E-state index contributed by atoms with van der Waals surface area (Å²) in [5, 5.41) is 13.6. The number of nitrogens with one attached hydrogen (secondary N) is 1. The van der Waals surface area contributed by atoms with Crippen molar-refractivity contribution in [3.8, 4) is 10.6 Å². The fourth-order valence-electron chi connectivity index (χ4n) is 3.21. The molecule has 1 unspecified atom stereocenters. The van der Waals surface area contributed by atoms with Crippen molar-refractivity contribution < 1.29 is 4.79 Å². The van der Waals surface area contributed by atoms with Crippen LogP contribution in [0, 0.1) is 6.92 Å². The number of hydrogen-bond acceptors (Lipinski definition) is 4. The summed E-state index contributed by atoms with van der Waals surface area (Å²) in [6.07, 6.45) is 5.90. The maximum atomic E-state index is 12.9. The van der Waals surface area contributed by atoms with Gasteiger partial charge in [-0.3, -0.25) is 14.6 Å². The van der Waals surface area contributed by atoms with Crippen LogP contribution in [0.4, 0.5) is 0 Å². The normalized spacial score (nSPS) is 17.5. The van der Waals surface area contributed by atoms with Crippen molar-refractivity contribution in [3.63, 3.8) is 0 Å². The minimum absolute atomic E-state index is 0.000402. The minimum atomic E-state index is 0.000402. The van der Waals surface area contributed by atoms with Gasteiger partial charge in [0, 0.05) is 12.7 Å². The third kappa shape index (κ3) is 2.87. The van der Waals surface area contributed by atoms with Crippen LogP contribution in [0.15, 0.2) is 36.0 Å². The van der Waals surface area contributed by atoms with Crippen molar-refractivity contribution in [2.24, 2.45) is 0 Å². The van der Waals surface area contributed by atoms with Gasteiger partial charge in [-0.2, -0.15) is 10.2 Å². The van der Waals surface area contributed by atoms with Gasteiger partial charge in [-0.15, -0.1) is 11.3 Å². The molecule has 6 nitrogen and oxygen atoms in total. The second-order valence-electron chi connectivity index (χ2n) is 6.18. The Morgan fingerprint density at radius 2 is 2.42 bits per heavy atom. The van der Waals surface area contributed by atoms with Crippen molar-refractivity contribution in [1.29, 1.82) is 0 Å². The quantitative estimate of drug-likeness (QED) is 0.793. The third-order valence-corrected chi connectivity index (χ3v) is 5.28. The van der Waals surface area contributed by atoms with E-state index < -0.39 is 0 Å². The molecule has 124 valence electrons. The minimum Gasteiger partial charge on any atom is -0.332 e. The van der Waals surface area contributed by atoms with Gasteiger partial charge in [0.15, 0.2) is 5.69 Å². The second kappa shape index (κ2) is 6.24. The number of aromatic nitrogens is 4. The average molecular weight is 341 g/mol. The topological polar surface area (TPSA) is 66.8 Å². The van der Waals surface area contributed by atoms with Gasteiger partial charge in [0.2, 0.25) is 0 Å². The van der Waals surface area contributed by atoms with Crippen LogP contribution in [0.3, 0.4) is 0 Å². The molecule has 0 radical (unpaired) electrons. The van der Waals surface area contributed by atoms with Gasteiger partial charge in [0.1, 0.15) is 0 Å².